The Balaban J connectivity index is 1.38. The molecule has 5 rings (SSSR count). The zero-order valence-corrected chi connectivity index (χ0v) is 19.1. The van der Waals surface area contributed by atoms with Crippen LogP contribution in [-0.2, 0) is 11.3 Å². The first-order valence-corrected chi connectivity index (χ1v) is 11.8. The third kappa shape index (κ3) is 4.24. The van der Waals surface area contributed by atoms with Crippen molar-refractivity contribution in [3.63, 3.8) is 0 Å². The Bertz CT molecular complexity index is 1150. The van der Waals surface area contributed by atoms with Crippen LogP contribution in [0.2, 0.25) is 5.02 Å². The van der Waals surface area contributed by atoms with Crippen LogP contribution in [0, 0.1) is 18.8 Å². The maximum Gasteiger partial charge on any atom is 0.306 e. The zero-order valence-electron chi connectivity index (χ0n) is 18.4. The molecule has 0 atom stereocenters. The maximum atomic E-state index is 11.3. The van der Waals surface area contributed by atoms with Crippen molar-refractivity contribution in [1.82, 2.24) is 9.47 Å². The van der Waals surface area contributed by atoms with Crippen molar-refractivity contribution in [3.8, 4) is 11.4 Å². The molecule has 2 heterocycles. The highest BCUT2D eigenvalue weighted by Gasteiger charge is 2.28. The van der Waals surface area contributed by atoms with Crippen LogP contribution in [0.4, 0.5) is 0 Å². The molecular formula is C26H29ClN2O3. The van der Waals surface area contributed by atoms with Crippen LogP contribution < -0.4 is 4.74 Å². The van der Waals surface area contributed by atoms with Crippen molar-refractivity contribution in [1.29, 1.82) is 0 Å². The summed E-state index contributed by atoms with van der Waals surface area (Å²) >= 11 is 6.69. The monoisotopic (exact) mass is 452 g/mol. The number of aliphatic carboxylic acids is 1. The Labute approximate surface area is 193 Å². The van der Waals surface area contributed by atoms with Gasteiger partial charge < -0.3 is 14.4 Å². The molecule has 1 N–H and O–H groups in total. The fourth-order valence-electron chi connectivity index (χ4n) is 5.25. The number of carboxylic acids is 1. The van der Waals surface area contributed by atoms with Crippen molar-refractivity contribution in [2.24, 2.45) is 11.8 Å². The van der Waals surface area contributed by atoms with Gasteiger partial charge in [-0.3, -0.25) is 9.69 Å². The highest BCUT2D eigenvalue weighted by Crippen LogP contribution is 2.36. The first-order chi connectivity index (χ1) is 15.5. The van der Waals surface area contributed by atoms with Gasteiger partial charge in [-0.2, -0.15) is 0 Å². The predicted octanol–water partition coefficient (Wildman–Crippen LogP) is 5.68. The molecule has 0 bridgehead atoms. The molecule has 1 fully saturated rings. The van der Waals surface area contributed by atoms with Crippen LogP contribution in [0.25, 0.3) is 16.6 Å². The summed E-state index contributed by atoms with van der Waals surface area (Å²) < 4.78 is 8.25. The Morgan fingerprint density at radius 3 is 2.75 bits per heavy atom. The maximum absolute atomic E-state index is 11.3. The Morgan fingerprint density at radius 2 is 1.97 bits per heavy atom. The third-order valence-corrected chi connectivity index (χ3v) is 7.27. The number of carbonyl (C=O) groups is 1. The minimum atomic E-state index is -0.643. The molecule has 1 aliphatic heterocycles. The Hall–Kier alpha value is -2.50. The smallest absolute Gasteiger partial charge is 0.306 e. The summed E-state index contributed by atoms with van der Waals surface area (Å²) in [6.07, 6.45) is 5.64. The van der Waals surface area contributed by atoms with Gasteiger partial charge in [-0.25, -0.2) is 0 Å². The molecule has 1 saturated carbocycles. The predicted molar refractivity (Wildman–Crippen MR) is 127 cm³/mol. The lowest BCUT2D eigenvalue weighted by Gasteiger charge is -2.30. The average molecular weight is 453 g/mol. The number of aryl methyl sites for hydroxylation is 1. The number of ether oxygens (including phenoxy) is 1. The third-order valence-electron chi connectivity index (χ3n) is 6.99. The lowest BCUT2D eigenvalue weighted by atomic mass is 9.82. The van der Waals surface area contributed by atoms with E-state index in [2.05, 4.69) is 52.9 Å². The largest absolute Gasteiger partial charge is 0.490 e. The second-order valence-corrected chi connectivity index (χ2v) is 9.71. The molecule has 2 aliphatic rings. The number of carboxylic acid groups (broad SMARTS) is 1. The van der Waals surface area contributed by atoms with E-state index in [1.165, 1.54) is 10.9 Å². The molecule has 0 radical (unpaired) electrons. The number of aromatic nitrogens is 1. The van der Waals surface area contributed by atoms with Gasteiger partial charge in [0, 0.05) is 42.5 Å². The lowest BCUT2D eigenvalue weighted by molar-refractivity contribution is -0.143. The number of hydrogen-bond donors (Lipinski definition) is 1. The molecule has 2 aromatic carbocycles. The molecule has 0 unspecified atom stereocenters. The van der Waals surface area contributed by atoms with Gasteiger partial charge in [-0.15, -0.1) is 0 Å². The average Bonchev–Trinajstić information content (AvgIpc) is 3.07. The topological polar surface area (TPSA) is 54.7 Å². The molecule has 6 heteroatoms. The fraction of sp³-hybridized carbons (Fsp3) is 0.423. The van der Waals surface area contributed by atoms with Gasteiger partial charge >= 0.3 is 5.97 Å². The first kappa shape index (κ1) is 21.4. The summed E-state index contributed by atoms with van der Waals surface area (Å²) in [5.74, 6) is 0.527. The summed E-state index contributed by atoms with van der Waals surface area (Å²) in [6.45, 7) is 5.34. The van der Waals surface area contributed by atoms with Gasteiger partial charge in [-0.05, 0) is 68.9 Å². The van der Waals surface area contributed by atoms with E-state index < -0.39 is 5.97 Å². The lowest BCUT2D eigenvalue weighted by Crippen LogP contribution is -2.33. The van der Waals surface area contributed by atoms with Crippen LogP contribution in [-0.4, -0.2) is 40.2 Å². The van der Waals surface area contributed by atoms with Crippen LogP contribution >= 0.6 is 11.6 Å². The van der Waals surface area contributed by atoms with E-state index in [-0.39, 0.29) is 5.92 Å². The molecule has 0 spiro atoms. The molecule has 0 saturated heterocycles. The number of nitrogens with zero attached hydrogens (tertiary/aromatic N) is 2. The molecular weight excluding hydrogens is 424 g/mol. The number of benzene rings is 2. The van der Waals surface area contributed by atoms with Crippen LogP contribution in [0.3, 0.4) is 0 Å². The summed E-state index contributed by atoms with van der Waals surface area (Å²) in [6, 6.07) is 12.8. The number of hydrogen-bond acceptors (Lipinski definition) is 3. The van der Waals surface area contributed by atoms with Crippen molar-refractivity contribution in [3.05, 3.63) is 58.7 Å². The second-order valence-electron chi connectivity index (χ2n) is 9.30. The van der Waals surface area contributed by atoms with Crippen molar-refractivity contribution < 1.29 is 14.6 Å². The van der Waals surface area contributed by atoms with Gasteiger partial charge in [-0.1, -0.05) is 23.2 Å². The van der Waals surface area contributed by atoms with E-state index in [0.29, 0.717) is 17.5 Å². The zero-order chi connectivity index (χ0) is 22.2. The molecule has 0 amide bonds. The molecule has 1 aliphatic carbocycles. The van der Waals surface area contributed by atoms with Crippen molar-refractivity contribution >= 4 is 28.5 Å². The van der Waals surface area contributed by atoms with E-state index in [0.717, 1.165) is 67.8 Å². The first-order valence-electron chi connectivity index (χ1n) is 11.5. The summed E-state index contributed by atoms with van der Waals surface area (Å²) in [5.41, 5.74) is 4.56. The van der Waals surface area contributed by atoms with Gasteiger partial charge in [0.05, 0.1) is 16.5 Å². The van der Waals surface area contributed by atoms with Gasteiger partial charge in [0.1, 0.15) is 12.4 Å². The molecule has 1 aromatic heterocycles. The summed E-state index contributed by atoms with van der Waals surface area (Å²) in [5, 5.41) is 11.1. The minimum Gasteiger partial charge on any atom is -0.490 e. The van der Waals surface area contributed by atoms with E-state index in [4.69, 9.17) is 16.3 Å². The van der Waals surface area contributed by atoms with E-state index in [1.54, 1.807) is 0 Å². The van der Waals surface area contributed by atoms with Crippen LogP contribution in [0.5, 0.6) is 5.75 Å². The fourth-order valence-corrected chi connectivity index (χ4v) is 5.54. The van der Waals surface area contributed by atoms with Gasteiger partial charge in [0.15, 0.2) is 0 Å². The normalized spacial score (nSPS) is 21.7. The highest BCUT2D eigenvalue weighted by molar-refractivity contribution is 6.32. The molecule has 168 valence electrons. The van der Waals surface area contributed by atoms with E-state index in [1.807, 2.05) is 6.07 Å². The van der Waals surface area contributed by atoms with Crippen molar-refractivity contribution in [2.75, 3.05) is 19.7 Å². The van der Waals surface area contributed by atoms with Gasteiger partial charge in [0.2, 0.25) is 0 Å². The summed E-state index contributed by atoms with van der Waals surface area (Å²) in [7, 11) is 0. The highest BCUT2D eigenvalue weighted by atomic mass is 35.5. The second kappa shape index (κ2) is 8.80. The standard InChI is InChI=1S/C26H29ClN2O3/c1-17-2-7-24-20(12-17)8-9-29(24)22-13-21-16-28(10-11-32-25(21)23(27)14-22)15-18-3-5-19(6-4-18)26(30)31/h2,7-9,12-14,18-19H,3-6,10-11,15-16H2,1H3,(H,30,31). The van der Waals surface area contributed by atoms with Crippen molar-refractivity contribution in [2.45, 2.75) is 39.2 Å². The van der Waals surface area contributed by atoms with Gasteiger partial charge in [0.25, 0.3) is 0 Å². The number of halogens is 1. The van der Waals surface area contributed by atoms with Crippen LogP contribution in [0.1, 0.15) is 36.8 Å². The van der Waals surface area contributed by atoms with E-state index in [9.17, 15) is 9.90 Å². The van der Waals surface area contributed by atoms with E-state index >= 15 is 0 Å². The SMILES string of the molecule is Cc1ccc2c(ccn2-c2cc(Cl)c3c(c2)CN(CC2CCC(C(=O)O)CC2)CCO3)c1. The Kier molecular flexibility index (Phi) is 5.87. The number of rotatable bonds is 4. The minimum absolute atomic E-state index is 0.166. The number of fused-ring (bicyclic) bond motifs is 2. The molecule has 32 heavy (non-hydrogen) atoms. The quantitative estimate of drug-likeness (QED) is 0.553. The molecule has 5 nitrogen and oxygen atoms in total. The Morgan fingerprint density at radius 1 is 1.16 bits per heavy atom. The van der Waals surface area contributed by atoms with Crippen LogP contribution in [0.15, 0.2) is 42.6 Å². The summed E-state index contributed by atoms with van der Waals surface area (Å²) in [4.78, 5) is 13.7. The molecule has 3 aromatic rings.